The van der Waals surface area contributed by atoms with Gasteiger partial charge in [-0.1, -0.05) is 3.89 Å². The maximum atomic E-state index is 12.9. The van der Waals surface area contributed by atoms with E-state index in [9.17, 15) is 34.3 Å². The predicted octanol–water partition coefficient (Wildman–Crippen LogP) is 1.32. The van der Waals surface area contributed by atoms with Crippen molar-refractivity contribution < 1.29 is 61.6 Å². The molecule has 2 unspecified atom stereocenters. The minimum atomic E-state index is -6.16. The minimum Gasteiger partial charge on any atom is -0.371 e. The lowest BCUT2D eigenvalue weighted by atomic mass is 10.2. The maximum absolute atomic E-state index is 12.9. The molecule has 162 valence electrons. The fourth-order valence-electron chi connectivity index (χ4n) is 1.80. The van der Waals surface area contributed by atoms with E-state index in [1.165, 1.54) is 13.8 Å². The number of hydrogen-bond donors (Lipinski definition) is 0. The summed E-state index contributed by atoms with van der Waals surface area (Å²) in [5.74, 6) is -1.30. The summed E-state index contributed by atoms with van der Waals surface area (Å²) >= 11 is -0.750. The van der Waals surface area contributed by atoms with Gasteiger partial charge in [0.1, 0.15) is 18.8 Å². The van der Waals surface area contributed by atoms with E-state index in [1.54, 1.807) is 0 Å². The first-order valence-electron chi connectivity index (χ1n) is 6.86. The topological polar surface area (TPSA) is 105 Å². The number of ether oxygens (including phenoxy) is 4. The highest BCUT2D eigenvalue weighted by Crippen LogP contribution is 2.31. The zero-order valence-corrected chi connectivity index (χ0v) is 15.5. The lowest BCUT2D eigenvalue weighted by Crippen LogP contribution is -2.38. The van der Waals surface area contributed by atoms with Gasteiger partial charge in [0.2, 0.25) is 0 Å². The minimum absolute atomic E-state index is 0.718. The number of rotatable bonds is 9. The van der Waals surface area contributed by atoms with Crippen LogP contribution in [-0.2, 0) is 40.7 Å². The molecule has 1 saturated heterocycles. The van der Waals surface area contributed by atoms with Gasteiger partial charge in [0, 0.05) is 0 Å². The molecule has 1 rings (SSSR count). The molecule has 0 radical (unpaired) electrons. The summed E-state index contributed by atoms with van der Waals surface area (Å²) in [5.41, 5.74) is 0. The molecule has 0 aromatic heterocycles. The van der Waals surface area contributed by atoms with Crippen LogP contribution in [-0.4, -0.2) is 72.7 Å². The van der Waals surface area contributed by atoms with E-state index in [2.05, 4.69) is 9.47 Å². The molecular weight excluding hydrogens is 438 g/mol. The van der Waals surface area contributed by atoms with Gasteiger partial charge in [-0.25, -0.2) is 4.39 Å². The Morgan fingerprint density at radius 3 is 1.93 bits per heavy atom. The largest absolute Gasteiger partial charge is 0.396 e. The van der Waals surface area contributed by atoms with Gasteiger partial charge in [0.05, 0.1) is 13.2 Å². The van der Waals surface area contributed by atoms with Crippen molar-refractivity contribution in [3.8, 4) is 0 Å². The van der Waals surface area contributed by atoms with Crippen LogP contribution in [0.15, 0.2) is 0 Å². The molecule has 16 heteroatoms. The van der Waals surface area contributed by atoms with Gasteiger partial charge in [0.15, 0.2) is 12.5 Å². The van der Waals surface area contributed by atoms with Crippen molar-refractivity contribution in [2.45, 2.75) is 43.2 Å². The Hall–Kier alpha value is -0.810. The van der Waals surface area contributed by atoms with Crippen LogP contribution in [0.3, 0.4) is 0 Å². The van der Waals surface area contributed by atoms with Crippen LogP contribution in [0.5, 0.6) is 0 Å². The summed E-state index contributed by atoms with van der Waals surface area (Å²) in [5, 5.41) is -4.77. The first-order chi connectivity index (χ1) is 12.1. The van der Waals surface area contributed by atoms with Crippen molar-refractivity contribution in [2.75, 3.05) is 26.5 Å². The third kappa shape index (κ3) is 9.29. The predicted molar refractivity (Wildman–Crippen MR) is 75.4 cm³/mol. The fourth-order valence-corrected chi connectivity index (χ4v) is 2.02. The zero-order chi connectivity index (χ0) is 21.5. The summed E-state index contributed by atoms with van der Waals surface area (Å²) in [6, 6.07) is 0. The summed E-state index contributed by atoms with van der Waals surface area (Å²) in [7, 11) is -6.16. The summed E-state index contributed by atoms with van der Waals surface area (Å²) < 4.78 is 131. The normalized spacial score (nSPS) is 22.8. The van der Waals surface area contributed by atoms with Crippen molar-refractivity contribution >= 4 is 21.8 Å². The molecule has 27 heavy (non-hydrogen) atoms. The molecule has 1 fully saturated rings. The fraction of sp³-hybridized carbons (Fsp3) is 1.00. The van der Waals surface area contributed by atoms with E-state index in [-0.39, 0.29) is 0 Å². The van der Waals surface area contributed by atoms with Crippen LogP contribution in [0.4, 0.5) is 25.8 Å². The van der Waals surface area contributed by atoms with Gasteiger partial charge >= 0.3 is 33.2 Å². The summed E-state index contributed by atoms with van der Waals surface area (Å²) in [6.45, 7) is -2.68. The number of halogens is 6. The Morgan fingerprint density at radius 2 is 1.52 bits per heavy atom. The van der Waals surface area contributed by atoms with Crippen molar-refractivity contribution in [3.63, 3.8) is 0 Å². The standard InChI is InChI=1S/C11H16F6O6S.O2S/c1-9(2)22-7(3-20-6-11(15,16)24(17,18)19)8(23-9)4-21-10(13,14)5-12;1-3-2/h7-8H,3-6H2,1-2H3;. The van der Waals surface area contributed by atoms with Gasteiger partial charge in [-0.15, -0.1) is 0 Å². The van der Waals surface area contributed by atoms with Crippen molar-refractivity contribution in [1.82, 2.24) is 0 Å². The summed E-state index contributed by atoms with van der Waals surface area (Å²) in [6.07, 6.45) is -6.49. The Labute approximate surface area is 153 Å². The lowest BCUT2D eigenvalue weighted by Gasteiger charge is -2.20. The molecule has 0 aliphatic carbocycles. The molecule has 1 heterocycles. The number of hydrogen-bond acceptors (Lipinski definition) is 8. The molecule has 0 aromatic carbocycles. The average molecular weight is 454 g/mol. The third-order valence-corrected chi connectivity index (χ3v) is 3.64. The van der Waals surface area contributed by atoms with Crippen LogP contribution in [0.1, 0.15) is 13.8 Å². The molecule has 0 spiro atoms. The molecule has 2 atom stereocenters. The molecular formula is C11H16F6O8S2. The molecule has 0 bridgehead atoms. The van der Waals surface area contributed by atoms with Gasteiger partial charge in [0.25, 0.3) is 0 Å². The van der Waals surface area contributed by atoms with E-state index < -0.39 is 77.6 Å². The Morgan fingerprint density at radius 1 is 1.07 bits per heavy atom. The Balaban J connectivity index is 0.00000210. The highest BCUT2D eigenvalue weighted by Gasteiger charge is 2.48. The maximum Gasteiger partial charge on any atom is 0.396 e. The average Bonchev–Trinajstić information content (AvgIpc) is 2.79. The summed E-state index contributed by atoms with van der Waals surface area (Å²) in [4.78, 5) is 0. The smallest absolute Gasteiger partial charge is 0.371 e. The second-order valence-corrected chi connectivity index (χ2v) is 7.06. The van der Waals surface area contributed by atoms with Crippen molar-refractivity contribution in [3.05, 3.63) is 0 Å². The van der Waals surface area contributed by atoms with Crippen LogP contribution in [0.2, 0.25) is 0 Å². The van der Waals surface area contributed by atoms with E-state index >= 15 is 0 Å². The van der Waals surface area contributed by atoms with Gasteiger partial charge < -0.3 is 18.9 Å². The van der Waals surface area contributed by atoms with E-state index in [1.807, 2.05) is 0 Å². The van der Waals surface area contributed by atoms with Crippen LogP contribution >= 0.6 is 0 Å². The molecule has 1 aliphatic heterocycles. The molecule has 0 saturated carbocycles. The van der Waals surface area contributed by atoms with Gasteiger partial charge in [-0.3, -0.25) is 0 Å². The first-order valence-corrected chi connectivity index (χ1v) is 8.91. The second kappa shape index (κ2) is 10.1. The lowest BCUT2D eigenvalue weighted by molar-refractivity contribution is -0.259. The molecule has 0 N–H and O–H groups in total. The van der Waals surface area contributed by atoms with Gasteiger partial charge in [-0.05, 0) is 13.8 Å². The molecule has 8 nitrogen and oxygen atoms in total. The third-order valence-electron chi connectivity index (χ3n) is 2.81. The molecule has 0 aromatic rings. The van der Waals surface area contributed by atoms with Crippen LogP contribution < -0.4 is 0 Å². The number of alkyl halides is 5. The first kappa shape index (κ1) is 26.2. The second-order valence-electron chi connectivity index (χ2n) is 5.45. The SMILES string of the molecule is CC1(C)OC(COCC(F)(F)S(=O)(=O)F)C(COC(F)(F)CF)O1.O=S=O. The molecule has 1 aliphatic rings. The Bertz CT molecular complexity index is 608. The van der Waals surface area contributed by atoms with Crippen LogP contribution in [0, 0.1) is 0 Å². The Kier molecular flexibility index (Phi) is 9.80. The van der Waals surface area contributed by atoms with Gasteiger partial charge in [-0.2, -0.15) is 34.4 Å². The van der Waals surface area contributed by atoms with Crippen LogP contribution in [0.25, 0.3) is 0 Å². The highest BCUT2D eigenvalue weighted by molar-refractivity contribution is 7.87. The van der Waals surface area contributed by atoms with Crippen molar-refractivity contribution in [2.24, 2.45) is 0 Å². The quantitative estimate of drug-likeness (QED) is 0.380. The van der Waals surface area contributed by atoms with E-state index in [4.69, 9.17) is 17.9 Å². The van der Waals surface area contributed by atoms with E-state index in [0.29, 0.717) is 0 Å². The van der Waals surface area contributed by atoms with E-state index in [0.717, 1.165) is 0 Å². The molecule has 0 amide bonds. The van der Waals surface area contributed by atoms with Crippen molar-refractivity contribution in [1.29, 1.82) is 0 Å². The highest BCUT2D eigenvalue weighted by atomic mass is 32.3. The monoisotopic (exact) mass is 454 g/mol. The zero-order valence-electron chi connectivity index (χ0n) is 13.8.